The molecule has 24 heavy (non-hydrogen) atoms. The van der Waals surface area contributed by atoms with Crippen molar-refractivity contribution in [3.05, 3.63) is 29.7 Å². The normalized spacial score (nSPS) is 26.9. The molecule has 0 radical (unpaired) electrons. The fourth-order valence-electron chi connectivity index (χ4n) is 3.90. The van der Waals surface area contributed by atoms with Crippen LogP contribution in [0.3, 0.4) is 0 Å². The van der Waals surface area contributed by atoms with E-state index >= 15 is 0 Å². The molecule has 126 valence electrons. The number of amides is 1. The second-order valence-corrected chi connectivity index (χ2v) is 7.43. The molecule has 1 N–H and O–H groups in total. The van der Waals surface area contributed by atoms with Gasteiger partial charge in [0.25, 0.3) is 0 Å². The highest BCUT2D eigenvalue weighted by Crippen LogP contribution is 2.47. The number of carbonyl (C=O) groups excluding carboxylic acids is 1. The van der Waals surface area contributed by atoms with Crippen LogP contribution in [0.15, 0.2) is 16.9 Å². The lowest BCUT2D eigenvalue weighted by Gasteiger charge is -2.15. The lowest BCUT2D eigenvalue weighted by Crippen LogP contribution is -2.30. The maximum Gasteiger partial charge on any atom is 0.228 e. The van der Waals surface area contributed by atoms with Crippen molar-refractivity contribution in [1.82, 2.24) is 25.2 Å². The van der Waals surface area contributed by atoms with Gasteiger partial charge in [0.15, 0.2) is 5.82 Å². The van der Waals surface area contributed by atoms with Crippen LogP contribution in [0, 0.1) is 11.8 Å². The summed E-state index contributed by atoms with van der Waals surface area (Å²) in [5.41, 5.74) is 0.696. The Bertz CT molecular complexity index is 732. The summed E-state index contributed by atoms with van der Waals surface area (Å²) in [6.07, 6.45) is 6.78. The van der Waals surface area contributed by atoms with Crippen LogP contribution >= 0.6 is 0 Å². The first kappa shape index (κ1) is 14.2. The van der Waals surface area contributed by atoms with E-state index in [-0.39, 0.29) is 5.91 Å². The fraction of sp³-hybridized carbons (Fsp3) is 0.647. The van der Waals surface area contributed by atoms with Crippen molar-refractivity contribution in [3.8, 4) is 0 Å². The maximum atomic E-state index is 12.6. The molecule has 2 saturated carbocycles. The number of carbonyl (C=O) groups is 1. The van der Waals surface area contributed by atoms with Crippen LogP contribution < -0.4 is 0 Å². The zero-order valence-corrected chi connectivity index (χ0v) is 13.5. The van der Waals surface area contributed by atoms with Gasteiger partial charge in [0, 0.05) is 31.0 Å². The first-order valence-corrected chi connectivity index (χ1v) is 8.87. The number of hydrogen-bond acceptors (Lipinski definition) is 5. The molecule has 7 heteroatoms. The Kier molecular flexibility index (Phi) is 3.21. The number of hydrogen-bond donors (Lipinski definition) is 1. The topological polar surface area (TPSA) is 87.9 Å². The number of rotatable bonds is 5. The molecule has 0 spiro atoms. The molecule has 3 heterocycles. The molecule has 2 aliphatic carbocycles. The molecule has 2 aromatic heterocycles. The van der Waals surface area contributed by atoms with Gasteiger partial charge in [0.2, 0.25) is 5.91 Å². The van der Waals surface area contributed by atoms with E-state index < -0.39 is 0 Å². The van der Waals surface area contributed by atoms with Gasteiger partial charge in [-0.3, -0.25) is 9.89 Å². The van der Waals surface area contributed by atoms with Gasteiger partial charge in [-0.15, -0.1) is 0 Å². The standard InChI is InChI=1S/C17H21N5O2/c23-15(7-12-5-6-24-21-12)22-8-13(10-1-2-10)14(9-22)17-18-16(19-20-17)11-3-4-11/h5-6,10-11,13-14H,1-4,7-9H2,(H,18,19,20)/t13-,14+/m1/s1. The Balaban J connectivity index is 1.33. The lowest BCUT2D eigenvalue weighted by molar-refractivity contribution is -0.129. The van der Waals surface area contributed by atoms with Gasteiger partial charge < -0.3 is 9.42 Å². The Morgan fingerprint density at radius 3 is 2.88 bits per heavy atom. The summed E-state index contributed by atoms with van der Waals surface area (Å²) in [4.78, 5) is 19.3. The molecule has 5 rings (SSSR count). The minimum Gasteiger partial charge on any atom is -0.364 e. The number of nitrogens with zero attached hydrogens (tertiary/aromatic N) is 4. The van der Waals surface area contributed by atoms with E-state index in [9.17, 15) is 4.79 Å². The minimum atomic E-state index is 0.124. The van der Waals surface area contributed by atoms with Crippen LogP contribution in [-0.4, -0.2) is 44.2 Å². The molecule has 0 unspecified atom stereocenters. The Morgan fingerprint density at radius 1 is 1.29 bits per heavy atom. The summed E-state index contributed by atoms with van der Waals surface area (Å²) in [6.45, 7) is 1.56. The predicted octanol–water partition coefficient (Wildman–Crippen LogP) is 1.86. The van der Waals surface area contributed by atoms with Gasteiger partial charge in [-0.2, -0.15) is 5.10 Å². The molecule has 0 bridgehead atoms. The Labute approximate surface area is 139 Å². The Morgan fingerprint density at radius 2 is 2.17 bits per heavy atom. The van der Waals surface area contributed by atoms with Crippen LogP contribution in [0.1, 0.15) is 54.9 Å². The number of nitrogens with one attached hydrogen (secondary N) is 1. The molecular formula is C17H21N5O2. The van der Waals surface area contributed by atoms with Crippen molar-refractivity contribution in [2.45, 2.75) is 43.9 Å². The lowest BCUT2D eigenvalue weighted by atomic mass is 9.91. The van der Waals surface area contributed by atoms with Crippen molar-refractivity contribution >= 4 is 5.91 Å². The van der Waals surface area contributed by atoms with Crippen LogP contribution in [0.2, 0.25) is 0 Å². The maximum absolute atomic E-state index is 12.6. The van der Waals surface area contributed by atoms with E-state index in [1.54, 1.807) is 6.07 Å². The zero-order chi connectivity index (χ0) is 16.1. The molecule has 1 amide bonds. The van der Waals surface area contributed by atoms with Crippen LogP contribution in [0.4, 0.5) is 0 Å². The summed E-state index contributed by atoms with van der Waals surface area (Å²) >= 11 is 0. The monoisotopic (exact) mass is 327 g/mol. The molecule has 2 atom stereocenters. The molecule has 7 nitrogen and oxygen atoms in total. The number of aromatic amines is 1. The van der Waals surface area contributed by atoms with E-state index in [0.29, 0.717) is 29.9 Å². The van der Waals surface area contributed by atoms with Crippen LogP contribution in [-0.2, 0) is 11.2 Å². The first-order chi connectivity index (χ1) is 11.8. The Hall–Kier alpha value is -2.18. The second kappa shape index (κ2) is 5.43. The third-order valence-electron chi connectivity index (χ3n) is 5.58. The number of H-pyrrole nitrogens is 1. The summed E-state index contributed by atoms with van der Waals surface area (Å²) in [5, 5.41) is 11.4. The van der Waals surface area contributed by atoms with E-state index in [0.717, 1.165) is 30.7 Å². The van der Waals surface area contributed by atoms with Gasteiger partial charge in [-0.05, 0) is 37.5 Å². The summed E-state index contributed by atoms with van der Waals surface area (Å²) in [7, 11) is 0. The molecule has 3 aliphatic rings. The van der Waals surface area contributed by atoms with Crippen molar-refractivity contribution in [2.75, 3.05) is 13.1 Å². The van der Waals surface area contributed by atoms with E-state index in [1.807, 2.05) is 4.90 Å². The van der Waals surface area contributed by atoms with E-state index in [1.165, 1.54) is 31.9 Å². The van der Waals surface area contributed by atoms with Crippen molar-refractivity contribution in [3.63, 3.8) is 0 Å². The van der Waals surface area contributed by atoms with Crippen molar-refractivity contribution in [1.29, 1.82) is 0 Å². The molecule has 1 aliphatic heterocycles. The third kappa shape index (κ3) is 2.61. The van der Waals surface area contributed by atoms with Gasteiger partial charge in [-0.1, -0.05) is 5.16 Å². The van der Waals surface area contributed by atoms with Gasteiger partial charge in [-0.25, -0.2) is 4.98 Å². The highest BCUT2D eigenvalue weighted by Gasteiger charge is 2.45. The smallest absolute Gasteiger partial charge is 0.228 e. The highest BCUT2D eigenvalue weighted by molar-refractivity contribution is 5.78. The molecule has 1 saturated heterocycles. The van der Waals surface area contributed by atoms with Crippen molar-refractivity contribution in [2.24, 2.45) is 11.8 Å². The molecule has 2 aromatic rings. The minimum absolute atomic E-state index is 0.124. The second-order valence-electron chi connectivity index (χ2n) is 7.43. The summed E-state index contributed by atoms with van der Waals surface area (Å²) in [6, 6.07) is 1.75. The zero-order valence-electron chi connectivity index (χ0n) is 13.5. The van der Waals surface area contributed by atoms with Crippen molar-refractivity contribution < 1.29 is 9.32 Å². The van der Waals surface area contributed by atoms with E-state index in [2.05, 4.69) is 15.4 Å². The number of likely N-dealkylation sites (tertiary alicyclic amines) is 1. The number of aromatic nitrogens is 4. The summed E-state index contributed by atoms with van der Waals surface area (Å²) < 4.78 is 4.82. The SMILES string of the molecule is O=C(Cc1ccon1)N1C[C@H](c2nc(C3CC3)n[nH]2)[C@@H](C2CC2)C1. The molecule has 0 aromatic carbocycles. The van der Waals surface area contributed by atoms with Crippen LogP contribution in [0.5, 0.6) is 0 Å². The largest absolute Gasteiger partial charge is 0.364 e. The average molecular weight is 327 g/mol. The van der Waals surface area contributed by atoms with Gasteiger partial charge in [0.05, 0.1) is 12.1 Å². The van der Waals surface area contributed by atoms with E-state index in [4.69, 9.17) is 9.51 Å². The fourth-order valence-corrected chi connectivity index (χ4v) is 3.90. The highest BCUT2D eigenvalue weighted by atomic mass is 16.5. The molecule has 3 fully saturated rings. The molecular weight excluding hydrogens is 306 g/mol. The van der Waals surface area contributed by atoms with Crippen LogP contribution in [0.25, 0.3) is 0 Å². The summed E-state index contributed by atoms with van der Waals surface area (Å²) in [5.74, 6) is 4.15. The third-order valence-corrected chi connectivity index (χ3v) is 5.58. The predicted molar refractivity (Wildman–Crippen MR) is 84.1 cm³/mol. The average Bonchev–Trinajstić information content (AvgIpc) is 3.46. The first-order valence-electron chi connectivity index (χ1n) is 8.87. The van der Waals surface area contributed by atoms with Gasteiger partial charge >= 0.3 is 0 Å². The quantitative estimate of drug-likeness (QED) is 0.905. The van der Waals surface area contributed by atoms with Gasteiger partial charge in [0.1, 0.15) is 12.1 Å².